The Kier molecular flexibility index (Phi) is 7.39. The maximum Gasteiger partial charge on any atom is 0.296 e. The molecule has 1 aliphatic carbocycles. The molecule has 6 rings (SSSR count). The highest BCUT2D eigenvalue weighted by Gasteiger charge is 2.30. The largest absolute Gasteiger partial charge is 0.296 e. The zero-order chi connectivity index (χ0) is 30.5. The van der Waals surface area contributed by atoms with Crippen LogP contribution in [0, 0.1) is 13.8 Å². The zero-order valence-electron chi connectivity index (χ0n) is 23.0. The smallest absolute Gasteiger partial charge is 0.282 e. The van der Waals surface area contributed by atoms with Crippen molar-refractivity contribution in [2.24, 2.45) is 10.3 Å². The van der Waals surface area contributed by atoms with Crippen molar-refractivity contribution in [3.05, 3.63) is 101 Å². The summed E-state index contributed by atoms with van der Waals surface area (Å²) in [6, 6.07) is 21.9. The summed E-state index contributed by atoms with van der Waals surface area (Å²) >= 11 is 1.20. The lowest BCUT2D eigenvalue weighted by atomic mass is 9.96. The van der Waals surface area contributed by atoms with Crippen LogP contribution in [-0.2, 0) is 33.1 Å². The Morgan fingerprint density at radius 2 is 1.47 bits per heavy atom. The van der Waals surface area contributed by atoms with Crippen LogP contribution < -0.4 is 5.43 Å². The number of hydrogen-bond donors (Lipinski definition) is 3. The first-order valence-electron chi connectivity index (χ1n) is 13.2. The molecular weight excluding hydrogens is 609 g/mol. The number of rotatable bonds is 7. The Hall–Kier alpha value is -4.01. The lowest BCUT2D eigenvalue weighted by Crippen LogP contribution is -2.06. The summed E-state index contributed by atoms with van der Waals surface area (Å²) in [5.41, 5.74) is 9.16. The lowest BCUT2D eigenvalue weighted by molar-refractivity contribution is 0.480. The van der Waals surface area contributed by atoms with Crippen LogP contribution in [0.4, 0.5) is 11.4 Å². The van der Waals surface area contributed by atoms with E-state index in [-0.39, 0.29) is 15.7 Å². The fraction of sp³-hybridized carbons (Fsp3) is 0.167. The van der Waals surface area contributed by atoms with Gasteiger partial charge in [0.15, 0.2) is 0 Å². The highest BCUT2D eigenvalue weighted by atomic mass is 32.2. The van der Waals surface area contributed by atoms with E-state index in [9.17, 15) is 25.9 Å². The zero-order valence-corrected chi connectivity index (χ0v) is 25.5. The van der Waals surface area contributed by atoms with Gasteiger partial charge >= 0.3 is 0 Å². The number of benzene rings is 4. The van der Waals surface area contributed by atoms with Crippen LogP contribution in [0.25, 0.3) is 20.8 Å². The molecule has 0 saturated carbocycles. The minimum absolute atomic E-state index is 0.0264. The van der Waals surface area contributed by atoms with E-state index < -0.39 is 20.2 Å². The van der Waals surface area contributed by atoms with Gasteiger partial charge in [-0.05, 0) is 103 Å². The highest BCUT2D eigenvalue weighted by molar-refractivity contribution is 7.86. The number of nitrogens with one attached hydrogen (secondary N) is 1. The van der Waals surface area contributed by atoms with Crippen LogP contribution in [0.1, 0.15) is 33.7 Å². The van der Waals surface area contributed by atoms with Crippen LogP contribution in [0.3, 0.4) is 0 Å². The van der Waals surface area contributed by atoms with E-state index in [0.717, 1.165) is 16.7 Å². The van der Waals surface area contributed by atoms with Gasteiger partial charge in [-0.15, -0.1) is 16.5 Å². The van der Waals surface area contributed by atoms with Crippen molar-refractivity contribution in [3.8, 4) is 10.6 Å². The normalized spacial score (nSPS) is 15.3. The predicted molar refractivity (Wildman–Crippen MR) is 165 cm³/mol. The number of nitrogens with zero attached hydrogens (tertiary/aromatic N) is 3. The first kappa shape index (κ1) is 29.1. The third kappa shape index (κ3) is 5.82. The number of hydrogen-bond acceptors (Lipinski definition) is 8. The summed E-state index contributed by atoms with van der Waals surface area (Å²) < 4.78 is 67.6. The van der Waals surface area contributed by atoms with Gasteiger partial charge in [0.1, 0.15) is 14.8 Å². The van der Waals surface area contributed by atoms with Crippen LogP contribution >= 0.6 is 11.3 Å². The van der Waals surface area contributed by atoms with Crippen LogP contribution in [0.5, 0.6) is 0 Å². The van der Waals surface area contributed by atoms with Crippen molar-refractivity contribution in [3.63, 3.8) is 0 Å². The first-order chi connectivity index (χ1) is 20.4. The molecule has 1 atom stereocenters. The Bertz CT molecular complexity index is 2120. The quantitative estimate of drug-likeness (QED) is 0.0974. The average Bonchev–Trinajstić information content (AvgIpc) is 3.56. The molecule has 0 fully saturated rings. The van der Waals surface area contributed by atoms with Crippen molar-refractivity contribution in [1.82, 2.24) is 4.98 Å². The first-order valence-corrected chi connectivity index (χ1v) is 16.9. The minimum atomic E-state index is -4.39. The molecule has 43 heavy (non-hydrogen) atoms. The van der Waals surface area contributed by atoms with Gasteiger partial charge in [0.05, 0.1) is 21.6 Å². The molecular formula is C30H26N4O6S3. The van der Waals surface area contributed by atoms with E-state index in [2.05, 4.69) is 20.7 Å². The molecule has 1 aliphatic rings. The maximum absolute atomic E-state index is 12.0. The monoisotopic (exact) mass is 634 g/mol. The van der Waals surface area contributed by atoms with Gasteiger partial charge in [0.2, 0.25) is 0 Å². The molecule has 3 N–H and O–H groups in total. The van der Waals surface area contributed by atoms with Crippen molar-refractivity contribution in [2.75, 3.05) is 5.43 Å². The summed E-state index contributed by atoms with van der Waals surface area (Å²) in [4.78, 5) is 4.45. The molecule has 0 aliphatic heterocycles. The molecule has 0 bridgehead atoms. The van der Waals surface area contributed by atoms with E-state index in [1.165, 1.54) is 11.3 Å². The molecule has 4 aromatic carbocycles. The van der Waals surface area contributed by atoms with Gasteiger partial charge in [-0.1, -0.05) is 35.6 Å². The van der Waals surface area contributed by atoms with Gasteiger partial charge < -0.3 is 0 Å². The molecule has 0 saturated heterocycles. The van der Waals surface area contributed by atoms with Gasteiger partial charge in [-0.25, -0.2) is 4.98 Å². The summed E-state index contributed by atoms with van der Waals surface area (Å²) in [7, 11) is -8.69. The standard InChI is InChI=1S/C30H26N4O6S3/c1-17-3-5-21-15-22(16-25(21)28(17)42(35,36)37)19-6-10-23(11-7-19)32-34-33-24-12-8-20(9-13-24)30-31-26-14-4-18(2)29(27(26)41-30)43(38,39)40/h3-14,22H,15-16H2,1-2H3,(H,32,33)(H,35,36,37)(H,38,39,40). The second-order valence-corrected chi connectivity index (χ2v) is 14.2. The maximum atomic E-state index is 12.0. The molecule has 5 aromatic rings. The topological polar surface area (TPSA) is 158 Å². The third-order valence-corrected chi connectivity index (χ3v) is 10.9. The van der Waals surface area contributed by atoms with Gasteiger partial charge in [0.25, 0.3) is 20.2 Å². The SMILES string of the molecule is Cc1ccc2c(c1S(=O)(=O)O)CC(c1ccc(/N=N/Nc3ccc(-c4nc5ccc(C)c(S(=O)(=O)O)c5s4)cc3)cc1)C2. The molecule has 0 spiro atoms. The van der Waals surface area contributed by atoms with Crippen LogP contribution in [-0.4, -0.2) is 30.9 Å². The van der Waals surface area contributed by atoms with E-state index in [4.69, 9.17) is 0 Å². The molecule has 1 aromatic heterocycles. The molecule has 0 radical (unpaired) electrons. The summed E-state index contributed by atoms with van der Waals surface area (Å²) in [6.07, 6.45) is 1.22. The Labute approximate surface area is 252 Å². The molecule has 1 heterocycles. The van der Waals surface area contributed by atoms with Crippen molar-refractivity contribution < 1.29 is 25.9 Å². The molecule has 1 unspecified atom stereocenters. The second-order valence-electron chi connectivity index (χ2n) is 10.5. The highest BCUT2D eigenvalue weighted by Crippen LogP contribution is 2.39. The van der Waals surface area contributed by atoms with E-state index >= 15 is 0 Å². The number of aromatic nitrogens is 1. The van der Waals surface area contributed by atoms with Gasteiger partial charge in [0, 0.05) is 5.56 Å². The Balaban J connectivity index is 1.12. The summed E-state index contributed by atoms with van der Waals surface area (Å²) in [5.74, 6) is 0.0963. The van der Waals surface area contributed by atoms with E-state index in [1.54, 1.807) is 44.2 Å². The Morgan fingerprint density at radius 3 is 2.14 bits per heavy atom. The van der Waals surface area contributed by atoms with Crippen molar-refractivity contribution in [1.29, 1.82) is 0 Å². The number of aryl methyl sites for hydroxylation is 2. The van der Waals surface area contributed by atoms with Crippen molar-refractivity contribution >= 4 is 53.2 Å². The molecule has 13 heteroatoms. The average molecular weight is 635 g/mol. The number of anilines is 1. The molecule has 220 valence electrons. The van der Waals surface area contributed by atoms with E-state index in [1.807, 2.05) is 42.5 Å². The van der Waals surface area contributed by atoms with Gasteiger partial charge in [-0.3, -0.25) is 14.5 Å². The summed E-state index contributed by atoms with van der Waals surface area (Å²) in [6.45, 7) is 3.32. The third-order valence-electron chi connectivity index (χ3n) is 7.54. The lowest BCUT2D eigenvalue weighted by Gasteiger charge is -2.10. The summed E-state index contributed by atoms with van der Waals surface area (Å²) in [5, 5.41) is 8.93. The Morgan fingerprint density at radius 1 is 0.814 bits per heavy atom. The predicted octanol–water partition coefficient (Wildman–Crippen LogP) is 7.07. The molecule has 0 amide bonds. The van der Waals surface area contributed by atoms with Crippen LogP contribution in [0.2, 0.25) is 0 Å². The minimum Gasteiger partial charge on any atom is -0.282 e. The molecule has 10 nitrogen and oxygen atoms in total. The fourth-order valence-electron chi connectivity index (χ4n) is 5.53. The number of thiazole rings is 1. The number of fused-ring (bicyclic) bond motifs is 2. The fourth-order valence-corrected chi connectivity index (χ4v) is 8.85. The van der Waals surface area contributed by atoms with E-state index in [0.29, 0.717) is 56.1 Å². The van der Waals surface area contributed by atoms with Gasteiger partial charge in [-0.2, -0.15) is 16.8 Å². The van der Waals surface area contributed by atoms with Crippen molar-refractivity contribution in [2.45, 2.75) is 42.4 Å². The second kappa shape index (κ2) is 10.9. The van der Waals surface area contributed by atoms with Crippen LogP contribution in [0.15, 0.2) is 92.9 Å².